The molecule has 1 aliphatic carbocycles. The lowest BCUT2D eigenvalue weighted by atomic mass is 9.75. The number of benzene rings is 5. The molecule has 0 radical (unpaired) electrons. The van der Waals surface area contributed by atoms with Crippen molar-refractivity contribution in [3.63, 3.8) is 0 Å². The number of nitrogens with zero attached hydrogens (tertiary/aromatic N) is 1. The van der Waals surface area contributed by atoms with Gasteiger partial charge in [0.2, 0.25) is 0 Å². The molecule has 7 rings (SSSR count). The number of hydrogen-bond acceptors (Lipinski definition) is 2. The SMILES string of the molecule is Oc1ccc2nc3ccccc3cc2c1C1CCCc2ccc3c(ccc4ccccc43)c21. The van der Waals surface area contributed by atoms with Crippen molar-refractivity contribution in [3.8, 4) is 5.75 Å². The van der Waals surface area contributed by atoms with Gasteiger partial charge in [-0.3, -0.25) is 0 Å². The standard InChI is InChI=1S/C31H23NO/c33-29-17-16-28-26(18-21-7-2-4-11-27(21)32-28)31(29)25-10-5-8-20-13-14-23-22-9-3-1-6-19(22)12-15-24(23)30(20)25/h1-4,6-7,9,11-18,25,33H,5,8,10H2. The molecule has 0 fully saturated rings. The van der Waals surface area contributed by atoms with Crippen LogP contribution in [0.2, 0.25) is 0 Å². The molecule has 0 spiro atoms. The van der Waals surface area contributed by atoms with Crippen LogP contribution in [-0.2, 0) is 6.42 Å². The highest BCUT2D eigenvalue weighted by molar-refractivity contribution is 6.09. The Morgan fingerprint density at radius 3 is 2.39 bits per heavy atom. The number of phenols is 1. The molecule has 158 valence electrons. The van der Waals surface area contributed by atoms with E-state index in [0.29, 0.717) is 5.75 Å². The third-order valence-electron chi connectivity index (χ3n) is 7.41. The van der Waals surface area contributed by atoms with E-state index in [0.717, 1.165) is 46.6 Å². The largest absolute Gasteiger partial charge is 0.508 e. The van der Waals surface area contributed by atoms with Crippen molar-refractivity contribution in [3.05, 3.63) is 108 Å². The number of rotatable bonds is 1. The number of pyridine rings is 1. The molecular formula is C31H23NO. The fraction of sp³-hybridized carbons (Fsp3) is 0.129. The van der Waals surface area contributed by atoms with Gasteiger partial charge in [-0.25, -0.2) is 4.98 Å². The lowest BCUT2D eigenvalue weighted by Gasteiger charge is -2.29. The van der Waals surface area contributed by atoms with Gasteiger partial charge in [0.05, 0.1) is 11.0 Å². The molecule has 2 heteroatoms. The maximum absolute atomic E-state index is 11.2. The highest BCUT2D eigenvalue weighted by atomic mass is 16.3. The smallest absolute Gasteiger partial charge is 0.120 e. The topological polar surface area (TPSA) is 33.1 Å². The number of fused-ring (bicyclic) bond motifs is 7. The van der Waals surface area contributed by atoms with E-state index in [2.05, 4.69) is 66.7 Å². The van der Waals surface area contributed by atoms with E-state index in [9.17, 15) is 5.11 Å². The summed E-state index contributed by atoms with van der Waals surface area (Å²) >= 11 is 0. The van der Waals surface area contributed by atoms with E-state index in [1.54, 1.807) is 0 Å². The maximum atomic E-state index is 11.2. The second kappa shape index (κ2) is 7.05. The van der Waals surface area contributed by atoms with Gasteiger partial charge < -0.3 is 5.11 Å². The molecule has 0 saturated heterocycles. The zero-order valence-electron chi connectivity index (χ0n) is 18.3. The summed E-state index contributed by atoms with van der Waals surface area (Å²) in [5, 5.41) is 18.5. The predicted molar refractivity (Wildman–Crippen MR) is 137 cm³/mol. The molecule has 6 aromatic rings. The van der Waals surface area contributed by atoms with Crippen molar-refractivity contribution in [2.45, 2.75) is 25.2 Å². The number of phenolic OH excluding ortho intramolecular Hbond substituents is 1. The zero-order chi connectivity index (χ0) is 21.9. The van der Waals surface area contributed by atoms with E-state index in [-0.39, 0.29) is 5.92 Å². The summed E-state index contributed by atoms with van der Waals surface area (Å²) in [6.07, 6.45) is 3.23. The molecule has 1 unspecified atom stereocenters. The molecule has 1 heterocycles. The predicted octanol–water partition coefficient (Wildman–Crippen LogP) is 7.87. The molecule has 0 aliphatic heterocycles. The van der Waals surface area contributed by atoms with Crippen molar-refractivity contribution < 1.29 is 5.11 Å². The molecule has 0 saturated carbocycles. The van der Waals surface area contributed by atoms with E-state index in [1.807, 2.05) is 24.3 Å². The third-order valence-corrected chi connectivity index (χ3v) is 7.41. The van der Waals surface area contributed by atoms with Gasteiger partial charge >= 0.3 is 0 Å². The van der Waals surface area contributed by atoms with Gasteiger partial charge in [0, 0.05) is 22.3 Å². The number of aromatic nitrogens is 1. The molecular weight excluding hydrogens is 402 g/mol. The minimum Gasteiger partial charge on any atom is -0.508 e. The lowest BCUT2D eigenvalue weighted by molar-refractivity contribution is 0.461. The third kappa shape index (κ3) is 2.77. The van der Waals surface area contributed by atoms with Gasteiger partial charge in [0.1, 0.15) is 5.75 Å². The summed E-state index contributed by atoms with van der Waals surface area (Å²) in [5.74, 6) is 0.514. The second-order valence-corrected chi connectivity index (χ2v) is 9.21. The molecule has 1 aliphatic rings. The van der Waals surface area contributed by atoms with Gasteiger partial charge in [-0.2, -0.15) is 0 Å². The zero-order valence-corrected chi connectivity index (χ0v) is 18.3. The molecule has 2 nitrogen and oxygen atoms in total. The lowest BCUT2D eigenvalue weighted by Crippen LogP contribution is -2.12. The minimum absolute atomic E-state index is 0.144. The first-order chi connectivity index (χ1) is 16.3. The van der Waals surface area contributed by atoms with E-state index >= 15 is 0 Å². The van der Waals surface area contributed by atoms with Gasteiger partial charge in [0.25, 0.3) is 0 Å². The molecule has 1 atom stereocenters. The highest BCUT2D eigenvalue weighted by Crippen LogP contribution is 2.47. The summed E-state index contributed by atoms with van der Waals surface area (Å²) in [7, 11) is 0. The Morgan fingerprint density at radius 1 is 0.636 bits per heavy atom. The molecule has 0 bridgehead atoms. The van der Waals surface area contributed by atoms with Gasteiger partial charge in [-0.05, 0) is 76.2 Å². The first-order valence-electron chi connectivity index (χ1n) is 11.7. The van der Waals surface area contributed by atoms with Crippen LogP contribution in [0.1, 0.15) is 35.4 Å². The van der Waals surface area contributed by atoms with Crippen LogP contribution in [0.5, 0.6) is 5.75 Å². The monoisotopic (exact) mass is 425 g/mol. The number of hydrogen-bond donors (Lipinski definition) is 1. The van der Waals surface area contributed by atoms with Crippen LogP contribution >= 0.6 is 0 Å². The maximum Gasteiger partial charge on any atom is 0.120 e. The minimum atomic E-state index is 0.144. The molecule has 1 aromatic heterocycles. The second-order valence-electron chi connectivity index (χ2n) is 9.21. The Hall–Kier alpha value is -3.91. The average Bonchev–Trinajstić information content (AvgIpc) is 2.87. The fourth-order valence-electron chi connectivity index (χ4n) is 5.94. The molecule has 5 aromatic carbocycles. The van der Waals surface area contributed by atoms with Crippen LogP contribution in [0, 0.1) is 0 Å². The Labute approximate surface area is 192 Å². The molecule has 1 N–H and O–H groups in total. The number of aryl methyl sites for hydroxylation is 1. The van der Waals surface area contributed by atoms with Crippen LogP contribution in [0.25, 0.3) is 43.4 Å². The number of para-hydroxylation sites is 1. The van der Waals surface area contributed by atoms with Gasteiger partial charge in [-0.1, -0.05) is 66.7 Å². The van der Waals surface area contributed by atoms with Gasteiger partial charge in [-0.15, -0.1) is 0 Å². The summed E-state index contributed by atoms with van der Waals surface area (Å²) in [4.78, 5) is 4.92. The fourth-order valence-corrected chi connectivity index (χ4v) is 5.94. The summed E-state index contributed by atoms with van der Waals surface area (Å²) < 4.78 is 0. The van der Waals surface area contributed by atoms with Gasteiger partial charge in [0.15, 0.2) is 0 Å². The molecule has 0 amide bonds. The first-order valence-corrected chi connectivity index (χ1v) is 11.7. The summed E-state index contributed by atoms with van der Waals surface area (Å²) in [6.45, 7) is 0. The van der Waals surface area contributed by atoms with Crippen LogP contribution in [0.4, 0.5) is 0 Å². The normalized spacial score (nSPS) is 15.9. The van der Waals surface area contributed by atoms with E-state index in [1.165, 1.54) is 32.7 Å². The Bertz CT molecular complexity index is 1720. The van der Waals surface area contributed by atoms with Crippen molar-refractivity contribution in [1.29, 1.82) is 0 Å². The average molecular weight is 426 g/mol. The van der Waals surface area contributed by atoms with Crippen LogP contribution in [0.15, 0.2) is 91.0 Å². The van der Waals surface area contributed by atoms with Crippen molar-refractivity contribution in [1.82, 2.24) is 4.98 Å². The first kappa shape index (κ1) is 18.6. The van der Waals surface area contributed by atoms with E-state index < -0.39 is 0 Å². The van der Waals surface area contributed by atoms with Crippen LogP contribution < -0.4 is 0 Å². The van der Waals surface area contributed by atoms with Crippen LogP contribution in [-0.4, -0.2) is 10.1 Å². The van der Waals surface area contributed by atoms with Crippen molar-refractivity contribution >= 4 is 43.4 Å². The van der Waals surface area contributed by atoms with Crippen LogP contribution in [0.3, 0.4) is 0 Å². The summed E-state index contributed by atoms with van der Waals surface area (Å²) in [6, 6.07) is 31.9. The Morgan fingerprint density at radius 2 is 1.45 bits per heavy atom. The highest BCUT2D eigenvalue weighted by Gasteiger charge is 2.28. The van der Waals surface area contributed by atoms with Crippen molar-refractivity contribution in [2.75, 3.05) is 0 Å². The number of aromatic hydroxyl groups is 1. The quantitative estimate of drug-likeness (QED) is 0.215. The van der Waals surface area contributed by atoms with Crippen molar-refractivity contribution in [2.24, 2.45) is 0 Å². The Balaban J connectivity index is 1.56. The summed E-state index contributed by atoms with van der Waals surface area (Å²) in [5.41, 5.74) is 5.73. The van der Waals surface area contributed by atoms with E-state index in [4.69, 9.17) is 4.98 Å². The molecule has 33 heavy (non-hydrogen) atoms. The Kier molecular flexibility index (Phi) is 3.98.